The first kappa shape index (κ1) is 25.0. The zero-order chi connectivity index (χ0) is 24.9. The number of anilines is 2. The van der Waals surface area contributed by atoms with E-state index >= 15 is 0 Å². The van der Waals surface area contributed by atoms with Crippen molar-refractivity contribution in [3.8, 4) is 5.75 Å². The summed E-state index contributed by atoms with van der Waals surface area (Å²) in [5.41, 5.74) is 0.117. The van der Waals surface area contributed by atoms with Gasteiger partial charge in [-0.15, -0.1) is 0 Å². The van der Waals surface area contributed by atoms with Crippen LogP contribution in [0.5, 0.6) is 5.75 Å². The van der Waals surface area contributed by atoms with Crippen LogP contribution in [-0.4, -0.2) is 33.5 Å². The van der Waals surface area contributed by atoms with Crippen molar-refractivity contribution >= 4 is 44.9 Å². The summed E-state index contributed by atoms with van der Waals surface area (Å²) in [6.45, 7) is 1.38. The Hall–Kier alpha value is -3.63. The van der Waals surface area contributed by atoms with E-state index in [-0.39, 0.29) is 16.1 Å². The second-order valence-electron chi connectivity index (χ2n) is 6.99. The van der Waals surface area contributed by atoms with Crippen molar-refractivity contribution in [1.29, 1.82) is 0 Å². The van der Waals surface area contributed by atoms with Crippen LogP contribution in [0.25, 0.3) is 0 Å². The fraction of sp³-hybridized carbons (Fsp3) is 0.130. The summed E-state index contributed by atoms with van der Waals surface area (Å²) in [5.74, 6) is -1.82. The zero-order valence-corrected chi connectivity index (χ0v) is 19.6. The van der Waals surface area contributed by atoms with Gasteiger partial charge < -0.3 is 14.8 Å². The first-order valence-corrected chi connectivity index (χ1v) is 11.7. The van der Waals surface area contributed by atoms with Gasteiger partial charge in [-0.1, -0.05) is 23.7 Å². The minimum Gasteiger partial charge on any atom is -0.495 e. The van der Waals surface area contributed by atoms with E-state index in [0.717, 1.165) is 6.07 Å². The fourth-order valence-electron chi connectivity index (χ4n) is 2.81. The van der Waals surface area contributed by atoms with Crippen LogP contribution in [0, 0.1) is 5.82 Å². The van der Waals surface area contributed by atoms with Gasteiger partial charge in [0, 0.05) is 5.02 Å². The molecule has 1 atom stereocenters. The zero-order valence-electron chi connectivity index (χ0n) is 18.0. The van der Waals surface area contributed by atoms with E-state index in [1.165, 1.54) is 62.6 Å². The molecular formula is C23H20ClFN2O6S. The second kappa shape index (κ2) is 10.5. The molecule has 0 unspecified atom stereocenters. The molecule has 0 aliphatic rings. The van der Waals surface area contributed by atoms with Crippen molar-refractivity contribution < 1.29 is 31.9 Å². The lowest BCUT2D eigenvalue weighted by molar-refractivity contribution is -0.123. The molecule has 0 spiro atoms. The third-order valence-corrected chi connectivity index (χ3v) is 6.21. The Morgan fingerprint density at radius 2 is 1.68 bits per heavy atom. The molecule has 0 heterocycles. The van der Waals surface area contributed by atoms with Crippen LogP contribution in [0.4, 0.5) is 15.8 Å². The number of nitrogens with one attached hydrogen (secondary N) is 2. The van der Waals surface area contributed by atoms with Crippen molar-refractivity contribution in [3.63, 3.8) is 0 Å². The van der Waals surface area contributed by atoms with Gasteiger partial charge in [-0.3, -0.25) is 9.52 Å². The molecule has 11 heteroatoms. The molecule has 34 heavy (non-hydrogen) atoms. The Bertz CT molecular complexity index is 1320. The molecule has 178 valence electrons. The van der Waals surface area contributed by atoms with Crippen molar-refractivity contribution in [2.24, 2.45) is 0 Å². The summed E-state index contributed by atoms with van der Waals surface area (Å²) in [5, 5.41) is 2.95. The summed E-state index contributed by atoms with van der Waals surface area (Å²) in [4.78, 5) is 24.7. The van der Waals surface area contributed by atoms with Gasteiger partial charge in [0.15, 0.2) is 6.10 Å². The highest BCUT2D eigenvalue weighted by atomic mass is 35.5. The molecule has 3 aromatic carbocycles. The molecule has 3 aromatic rings. The average molecular weight is 507 g/mol. The summed E-state index contributed by atoms with van der Waals surface area (Å²) < 4.78 is 51.2. The fourth-order valence-corrected chi connectivity index (χ4v) is 4.05. The van der Waals surface area contributed by atoms with Gasteiger partial charge in [-0.2, -0.15) is 0 Å². The monoisotopic (exact) mass is 506 g/mol. The smallest absolute Gasteiger partial charge is 0.338 e. The van der Waals surface area contributed by atoms with E-state index in [0.29, 0.717) is 16.5 Å². The van der Waals surface area contributed by atoms with Gasteiger partial charge in [-0.05, 0) is 61.5 Å². The van der Waals surface area contributed by atoms with Gasteiger partial charge in [0.05, 0.1) is 28.9 Å². The number of hydrogen-bond acceptors (Lipinski definition) is 6. The number of amides is 1. The van der Waals surface area contributed by atoms with Gasteiger partial charge in [0.2, 0.25) is 0 Å². The maximum atomic E-state index is 13.8. The van der Waals surface area contributed by atoms with Crippen LogP contribution in [0.1, 0.15) is 17.3 Å². The number of sulfonamides is 1. The lowest BCUT2D eigenvalue weighted by Gasteiger charge is -2.15. The van der Waals surface area contributed by atoms with E-state index in [1.807, 2.05) is 0 Å². The minimum absolute atomic E-state index is 0.0184. The van der Waals surface area contributed by atoms with Crippen LogP contribution in [0.3, 0.4) is 0 Å². The molecule has 0 saturated carbocycles. The normalized spacial score (nSPS) is 11.9. The molecular weight excluding hydrogens is 487 g/mol. The topological polar surface area (TPSA) is 111 Å². The lowest BCUT2D eigenvalue weighted by Crippen LogP contribution is -2.30. The van der Waals surface area contributed by atoms with Crippen LogP contribution in [0.2, 0.25) is 5.02 Å². The Morgan fingerprint density at radius 1 is 1.00 bits per heavy atom. The third-order valence-electron chi connectivity index (χ3n) is 4.59. The quantitative estimate of drug-likeness (QED) is 0.436. The summed E-state index contributed by atoms with van der Waals surface area (Å²) in [7, 11) is -2.66. The van der Waals surface area contributed by atoms with Crippen molar-refractivity contribution in [3.05, 3.63) is 83.1 Å². The lowest BCUT2D eigenvalue weighted by atomic mass is 10.2. The molecule has 0 aliphatic heterocycles. The van der Waals surface area contributed by atoms with Crippen molar-refractivity contribution in [1.82, 2.24) is 0 Å². The third kappa shape index (κ3) is 6.03. The Labute approximate surface area is 200 Å². The number of rotatable bonds is 8. The first-order valence-electron chi connectivity index (χ1n) is 9.83. The molecule has 0 aromatic heterocycles. The Balaban J connectivity index is 1.66. The predicted octanol–water partition coefficient (Wildman–Crippen LogP) is 4.47. The molecule has 2 N–H and O–H groups in total. The number of para-hydroxylation sites is 1. The van der Waals surface area contributed by atoms with E-state index in [4.69, 9.17) is 21.1 Å². The number of ether oxygens (including phenoxy) is 2. The number of esters is 1. The Morgan fingerprint density at radius 3 is 2.32 bits per heavy atom. The molecule has 0 saturated heterocycles. The largest absolute Gasteiger partial charge is 0.495 e. The van der Waals surface area contributed by atoms with E-state index < -0.39 is 33.8 Å². The van der Waals surface area contributed by atoms with Crippen LogP contribution >= 0.6 is 11.6 Å². The van der Waals surface area contributed by atoms with E-state index in [9.17, 15) is 22.4 Å². The molecule has 8 nitrogen and oxygen atoms in total. The first-order chi connectivity index (χ1) is 16.1. The molecule has 3 rings (SSSR count). The molecule has 1 amide bonds. The van der Waals surface area contributed by atoms with Crippen LogP contribution in [-0.2, 0) is 19.6 Å². The van der Waals surface area contributed by atoms with Gasteiger partial charge >= 0.3 is 5.97 Å². The Kier molecular flexibility index (Phi) is 7.75. The SMILES string of the molecule is COc1ccc(Cl)cc1NC(=O)[C@@H](C)OC(=O)c1ccc(S(=O)(=O)Nc2ccccc2F)cc1. The van der Waals surface area contributed by atoms with Gasteiger partial charge in [0.1, 0.15) is 11.6 Å². The number of halogens is 2. The second-order valence-corrected chi connectivity index (χ2v) is 9.11. The van der Waals surface area contributed by atoms with Gasteiger partial charge in [0.25, 0.3) is 15.9 Å². The molecule has 0 radical (unpaired) electrons. The number of benzene rings is 3. The standard InChI is InChI=1S/C23H20ClFN2O6S/c1-14(22(28)26-20-13-16(24)9-12-21(20)32-2)33-23(29)15-7-10-17(11-8-15)34(30,31)27-19-6-4-3-5-18(19)25/h3-14,27H,1-2H3,(H,26,28)/t14-/m1/s1. The summed E-state index contributed by atoms with van der Waals surface area (Å²) in [6.07, 6.45) is -1.18. The average Bonchev–Trinajstić information content (AvgIpc) is 2.80. The van der Waals surface area contributed by atoms with Crippen molar-refractivity contribution in [2.75, 3.05) is 17.1 Å². The molecule has 0 fully saturated rings. The number of carbonyl (C=O) groups excluding carboxylic acids is 2. The highest BCUT2D eigenvalue weighted by Gasteiger charge is 2.22. The maximum absolute atomic E-state index is 13.8. The van der Waals surface area contributed by atoms with Gasteiger partial charge in [-0.25, -0.2) is 17.6 Å². The highest BCUT2D eigenvalue weighted by molar-refractivity contribution is 7.92. The number of carbonyl (C=O) groups is 2. The maximum Gasteiger partial charge on any atom is 0.338 e. The summed E-state index contributed by atoms with van der Waals surface area (Å²) >= 11 is 5.94. The number of hydrogen-bond donors (Lipinski definition) is 2. The van der Waals surface area contributed by atoms with Crippen molar-refractivity contribution in [2.45, 2.75) is 17.9 Å². The molecule has 0 bridgehead atoms. The summed E-state index contributed by atoms with van der Waals surface area (Å²) in [6, 6.07) is 14.8. The predicted molar refractivity (Wildman–Crippen MR) is 125 cm³/mol. The number of methoxy groups -OCH3 is 1. The molecule has 0 aliphatic carbocycles. The van der Waals surface area contributed by atoms with E-state index in [1.54, 1.807) is 12.1 Å². The highest BCUT2D eigenvalue weighted by Crippen LogP contribution is 2.28. The minimum atomic E-state index is -4.09. The van der Waals surface area contributed by atoms with E-state index in [2.05, 4.69) is 10.0 Å². The van der Waals surface area contributed by atoms with Crippen LogP contribution in [0.15, 0.2) is 71.6 Å². The van der Waals surface area contributed by atoms with Crippen LogP contribution < -0.4 is 14.8 Å².